The molecule has 0 bridgehead atoms. The van der Waals surface area contributed by atoms with Gasteiger partial charge in [0.05, 0.1) is 4.90 Å². The van der Waals surface area contributed by atoms with E-state index in [2.05, 4.69) is 13.2 Å². The molecule has 1 aliphatic rings. The van der Waals surface area contributed by atoms with Crippen LogP contribution in [0.2, 0.25) is 0 Å². The summed E-state index contributed by atoms with van der Waals surface area (Å²) < 4.78 is 26.2. The Bertz CT molecular complexity index is 622. The molecule has 4 heteroatoms. The van der Waals surface area contributed by atoms with Crippen molar-refractivity contribution in [2.75, 3.05) is 13.1 Å². The van der Waals surface area contributed by atoms with E-state index >= 15 is 0 Å². The highest BCUT2D eigenvalue weighted by atomic mass is 32.2. The van der Waals surface area contributed by atoms with Crippen LogP contribution in [0.15, 0.2) is 66.6 Å². The third kappa shape index (κ3) is 6.85. The van der Waals surface area contributed by atoms with E-state index in [1.165, 1.54) is 6.42 Å². The maximum absolute atomic E-state index is 12.3. The molecule has 1 heterocycles. The number of unbranched alkanes of at least 4 members (excludes halogenated alkanes) is 2. The van der Waals surface area contributed by atoms with E-state index < -0.39 is 10.0 Å². The Morgan fingerprint density at radius 3 is 2.29 bits per heavy atom. The van der Waals surface area contributed by atoms with Crippen LogP contribution in [-0.2, 0) is 10.0 Å². The first-order valence-corrected chi connectivity index (χ1v) is 9.90. The number of sulfonamides is 1. The molecule has 3 nitrogen and oxygen atoms in total. The highest BCUT2D eigenvalue weighted by Crippen LogP contribution is 2.18. The van der Waals surface area contributed by atoms with Crippen molar-refractivity contribution in [2.24, 2.45) is 0 Å². The third-order valence-electron chi connectivity index (χ3n) is 3.73. The number of benzene rings is 1. The highest BCUT2D eigenvalue weighted by molar-refractivity contribution is 7.89. The molecule has 24 heavy (non-hydrogen) atoms. The van der Waals surface area contributed by atoms with Gasteiger partial charge in [-0.1, -0.05) is 42.0 Å². The monoisotopic (exact) mass is 347 g/mol. The molecule has 2 rings (SSSR count). The van der Waals surface area contributed by atoms with Crippen molar-refractivity contribution in [3.63, 3.8) is 0 Å². The van der Waals surface area contributed by atoms with E-state index in [9.17, 15) is 8.42 Å². The molecule has 0 N–H and O–H groups in total. The maximum Gasteiger partial charge on any atom is 0.243 e. The quantitative estimate of drug-likeness (QED) is 0.544. The largest absolute Gasteiger partial charge is 0.243 e. The van der Waals surface area contributed by atoms with Gasteiger partial charge in [-0.2, -0.15) is 4.31 Å². The Kier molecular flexibility index (Phi) is 9.35. The molecule has 1 aromatic carbocycles. The van der Waals surface area contributed by atoms with Crippen LogP contribution < -0.4 is 0 Å². The average Bonchev–Trinajstić information content (AvgIpc) is 2.86. The van der Waals surface area contributed by atoms with Crippen LogP contribution >= 0.6 is 0 Å². The Hall–Kier alpha value is -1.65. The van der Waals surface area contributed by atoms with Gasteiger partial charge in [0.15, 0.2) is 0 Å². The molecule has 0 saturated carbocycles. The highest BCUT2D eigenvalue weighted by Gasteiger charge is 2.23. The topological polar surface area (TPSA) is 37.4 Å². The number of allylic oxidation sites excluding steroid dienone is 3. The first-order chi connectivity index (χ1) is 11.5. The van der Waals surface area contributed by atoms with Gasteiger partial charge in [-0.3, -0.25) is 0 Å². The second kappa shape index (κ2) is 11.0. The van der Waals surface area contributed by atoms with Gasteiger partial charge in [-0.05, 0) is 51.2 Å². The van der Waals surface area contributed by atoms with Crippen LogP contribution in [-0.4, -0.2) is 25.8 Å². The molecule has 0 aromatic heterocycles. The van der Waals surface area contributed by atoms with Gasteiger partial charge in [-0.15, -0.1) is 13.2 Å². The second-order valence-corrected chi connectivity index (χ2v) is 7.74. The van der Waals surface area contributed by atoms with Gasteiger partial charge in [0.1, 0.15) is 0 Å². The van der Waals surface area contributed by atoms with Crippen LogP contribution in [0.1, 0.15) is 37.7 Å². The lowest BCUT2D eigenvalue weighted by Crippen LogP contribution is -2.31. The molecule has 132 valence electrons. The van der Waals surface area contributed by atoms with Gasteiger partial charge in [0.25, 0.3) is 0 Å². The molecule has 0 atom stereocenters. The standard InChI is InChI=1S/C13H17NO2S.C7H12/c1-12-6-8-13(9-7-12)17(15,16)14-10-4-2-3-5-11-14;1-3-5-7-6-4-2/h2,4,6-9H,3,5,10-11H2,1H3;3-4H,1-2,5-7H2. The summed E-state index contributed by atoms with van der Waals surface area (Å²) in [7, 11) is -3.32. The SMILES string of the molecule is C=CCCCC=C.Cc1ccc(S(=O)(=O)N2CC=CCCC2)cc1. The molecule has 0 spiro atoms. The first-order valence-electron chi connectivity index (χ1n) is 8.46. The second-order valence-electron chi connectivity index (χ2n) is 5.80. The fourth-order valence-corrected chi connectivity index (χ4v) is 3.70. The minimum Gasteiger partial charge on any atom is -0.207 e. The molecule has 1 aromatic rings. The predicted octanol–water partition coefficient (Wildman–Crippen LogP) is 4.86. The molecule has 0 saturated heterocycles. The zero-order valence-electron chi connectivity index (χ0n) is 14.7. The summed E-state index contributed by atoms with van der Waals surface area (Å²) in [5, 5.41) is 0. The molecule has 0 fully saturated rings. The average molecular weight is 348 g/mol. The van der Waals surface area contributed by atoms with Crippen LogP contribution in [0.25, 0.3) is 0 Å². The Morgan fingerprint density at radius 2 is 1.71 bits per heavy atom. The van der Waals surface area contributed by atoms with Gasteiger partial charge in [0.2, 0.25) is 10.0 Å². The molecular weight excluding hydrogens is 318 g/mol. The first kappa shape index (κ1) is 20.4. The zero-order valence-corrected chi connectivity index (χ0v) is 15.5. The van der Waals surface area contributed by atoms with E-state index in [4.69, 9.17) is 0 Å². The van der Waals surface area contributed by atoms with Crippen molar-refractivity contribution in [3.8, 4) is 0 Å². The van der Waals surface area contributed by atoms with Crippen molar-refractivity contribution in [3.05, 3.63) is 67.3 Å². The predicted molar refractivity (Wildman–Crippen MR) is 103 cm³/mol. The van der Waals surface area contributed by atoms with Crippen molar-refractivity contribution in [1.82, 2.24) is 4.31 Å². The summed E-state index contributed by atoms with van der Waals surface area (Å²) in [6, 6.07) is 7.03. The van der Waals surface area contributed by atoms with E-state index in [1.54, 1.807) is 16.4 Å². The van der Waals surface area contributed by atoms with Crippen LogP contribution in [0.4, 0.5) is 0 Å². The number of aryl methyl sites for hydroxylation is 1. The number of hydrogen-bond donors (Lipinski definition) is 0. The van der Waals surface area contributed by atoms with Crippen molar-refractivity contribution in [1.29, 1.82) is 0 Å². The lowest BCUT2D eigenvalue weighted by Gasteiger charge is -2.19. The van der Waals surface area contributed by atoms with Crippen LogP contribution in [0.5, 0.6) is 0 Å². The van der Waals surface area contributed by atoms with Gasteiger partial charge >= 0.3 is 0 Å². The van der Waals surface area contributed by atoms with Crippen LogP contribution in [0.3, 0.4) is 0 Å². The summed E-state index contributed by atoms with van der Waals surface area (Å²) in [5.74, 6) is 0. The fraction of sp³-hybridized carbons (Fsp3) is 0.400. The summed E-state index contributed by atoms with van der Waals surface area (Å²) in [6.07, 6.45) is 13.1. The normalized spacial score (nSPS) is 15.0. The van der Waals surface area contributed by atoms with Crippen molar-refractivity contribution in [2.45, 2.75) is 43.9 Å². The Balaban J connectivity index is 0.000000351. The molecule has 0 amide bonds. The summed E-state index contributed by atoms with van der Waals surface area (Å²) in [5.41, 5.74) is 1.07. The fourth-order valence-electron chi connectivity index (χ4n) is 2.27. The molecule has 0 unspecified atom stereocenters. The molecule has 0 aliphatic carbocycles. The minimum absolute atomic E-state index is 0.387. The number of rotatable bonds is 6. The minimum atomic E-state index is -3.32. The zero-order chi connectivity index (χ0) is 17.8. The maximum atomic E-state index is 12.3. The molecule has 0 radical (unpaired) electrons. The third-order valence-corrected chi connectivity index (χ3v) is 5.61. The van der Waals surface area contributed by atoms with Crippen molar-refractivity contribution < 1.29 is 8.42 Å². The summed E-state index contributed by atoms with van der Waals surface area (Å²) in [6.45, 7) is 10.2. The van der Waals surface area contributed by atoms with Gasteiger partial charge in [-0.25, -0.2) is 8.42 Å². The van der Waals surface area contributed by atoms with Crippen molar-refractivity contribution >= 4 is 10.0 Å². The Morgan fingerprint density at radius 1 is 1.08 bits per heavy atom. The van der Waals surface area contributed by atoms with Gasteiger partial charge in [0, 0.05) is 13.1 Å². The number of hydrogen-bond acceptors (Lipinski definition) is 2. The van der Waals surface area contributed by atoms with Gasteiger partial charge < -0.3 is 0 Å². The Labute approximate surface area is 147 Å². The van der Waals surface area contributed by atoms with Crippen LogP contribution in [0, 0.1) is 6.92 Å². The summed E-state index contributed by atoms with van der Waals surface area (Å²) in [4.78, 5) is 0.387. The van der Waals surface area contributed by atoms with E-state index in [0.717, 1.165) is 31.2 Å². The van der Waals surface area contributed by atoms with E-state index in [1.807, 2.05) is 43.4 Å². The smallest absolute Gasteiger partial charge is 0.207 e. The van der Waals surface area contributed by atoms with E-state index in [0.29, 0.717) is 18.0 Å². The summed E-state index contributed by atoms with van der Waals surface area (Å²) >= 11 is 0. The number of nitrogens with zero attached hydrogens (tertiary/aromatic N) is 1. The lowest BCUT2D eigenvalue weighted by molar-refractivity contribution is 0.442. The molecular formula is C20H29NO2S. The molecule has 1 aliphatic heterocycles. The van der Waals surface area contributed by atoms with E-state index in [-0.39, 0.29) is 0 Å². The lowest BCUT2D eigenvalue weighted by atomic mass is 10.2.